The van der Waals surface area contributed by atoms with Crippen LogP contribution in [0.2, 0.25) is 0 Å². The molecule has 1 aliphatic rings. The average molecular weight is 513 g/mol. The number of para-hydroxylation sites is 1. The lowest BCUT2D eigenvalue weighted by Crippen LogP contribution is -2.10. The minimum Gasteiger partial charge on any atom is -0.435 e. The van der Waals surface area contributed by atoms with Crippen LogP contribution in [0.5, 0.6) is 0 Å². The summed E-state index contributed by atoms with van der Waals surface area (Å²) >= 11 is 0. The van der Waals surface area contributed by atoms with Gasteiger partial charge >= 0.3 is 0 Å². The Kier molecular flexibility index (Phi) is 5.14. The molecule has 0 unspecified atom stereocenters. The van der Waals surface area contributed by atoms with Gasteiger partial charge in [-0.3, -0.25) is 0 Å². The first-order chi connectivity index (χ1) is 19.8. The van der Waals surface area contributed by atoms with Crippen LogP contribution >= 0.6 is 0 Å². The van der Waals surface area contributed by atoms with Crippen LogP contribution in [0.25, 0.3) is 55.9 Å². The van der Waals surface area contributed by atoms with E-state index in [2.05, 4.69) is 120 Å². The second-order valence-corrected chi connectivity index (χ2v) is 10.0. The minimum absolute atomic E-state index is 0.647. The molecule has 0 atom stereocenters. The Morgan fingerprint density at radius 1 is 0.475 bits per heavy atom. The van der Waals surface area contributed by atoms with E-state index < -0.39 is 0 Å². The summed E-state index contributed by atoms with van der Waals surface area (Å²) in [6.07, 6.45) is 0. The number of hydrogen-bond acceptors (Lipinski definition) is 3. The quantitative estimate of drug-likeness (QED) is 0.230. The highest BCUT2D eigenvalue weighted by molar-refractivity contribution is 6.15. The molecule has 40 heavy (non-hydrogen) atoms. The lowest BCUT2D eigenvalue weighted by Gasteiger charge is -2.26. The molecular weight excluding hydrogens is 488 g/mol. The Hall–Kier alpha value is -5.41. The molecule has 1 aliphatic carbocycles. The Labute approximate surface area is 232 Å². The summed E-state index contributed by atoms with van der Waals surface area (Å²) in [5, 5.41) is 2.36. The predicted octanol–water partition coefficient (Wildman–Crippen LogP) is 10.3. The van der Waals surface area contributed by atoms with Gasteiger partial charge in [0.2, 0.25) is 5.89 Å². The zero-order valence-corrected chi connectivity index (χ0v) is 21.7. The van der Waals surface area contributed by atoms with Crippen molar-refractivity contribution >= 4 is 27.8 Å². The van der Waals surface area contributed by atoms with Crippen LogP contribution in [0.15, 0.2) is 150 Å². The van der Waals surface area contributed by atoms with Crippen molar-refractivity contribution in [2.24, 2.45) is 0 Å². The number of nitrogens with zero attached hydrogens (tertiary/aromatic N) is 2. The van der Waals surface area contributed by atoms with Gasteiger partial charge in [-0.2, -0.15) is 0 Å². The molecule has 8 rings (SSSR count). The minimum atomic E-state index is 0.647. The summed E-state index contributed by atoms with van der Waals surface area (Å²) in [4.78, 5) is 7.34. The van der Waals surface area contributed by atoms with Crippen LogP contribution in [0, 0.1) is 0 Å². The lowest BCUT2D eigenvalue weighted by molar-refractivity contribution is 0.590. The van der Waals surface area contributed by atoms with Gasteiger partial charge in [0, 0.05) is 39.1 Å². The summed E-state index contributed by atoms with van der Waals surface area (Å²) in [6, 6.07) is 50.9. The summed E-state index contributed by atoms with van der Waals surface area (Å²) < 4.78 is 6.39. The number of anilines is 3. The molecule has 1 aromatic heterocycles. The maximum atomic E-state index is 6.39. The van der Waals surface area contributed by atoms with Gasteiger partial charge in [0.05, 0.1) is 0 Å². The maximum absolute atomic E-state index is 6.39. The molecule has 1 heterocycles. The lowest BCUT2D eigenvalue weighted by atomic mass is 10.0. The van der Waals surface area contributed by atoms with Crippen molar-refractivity contribution in [2.45, 2.75) is 0 Å². The molecule has 0 N–H and O–H groups in total. The van der Waals surface area contributed by atoms with Crippen LogP contribution in [-0.4, -0.2) is 4.98 Å². The van der Waals surface area contributed by atoms with E-state index in [1.165, 1.54) is 21.9 Å². The Morgan fingerprint density at radius 2 is 1.12 bits per heavy atom. The topological polar surface area (TPSA) is 29.3 Å². The van der Waals surface area contributed by atoms with Gasteiger partial charge < -0.3 is 9.32 Å². The van der Waals surface area contributed by atoms with E-state index in [1.807, 2.05) is 30.3 Å². The highest BCUT2D eigenvalue weighted by Crippen LogP contribution is 2.51. The largest absolute Gasteiger partial charge is 0.435 e. The highest BCUT2D eigenvalue weighted by atomic mass is 16.4. The third-order valence-electron chi connectivity index (χ3n) is 7.59. The van der Waals surface area contributed by atoms with Gasteiger partial charge in [-0.1, -0.05) is 97.1 Å². The van der Waals surface area contributed by atoms with Crippen molar-refractivity contribution in [1.82, 2.24) is 4.98 Å². The molecule has 0 radical (unpaired) electrons. The van der Waals surface area contributed by atoms with E-state index in [0.717, 1.165) is 45.2 Å². The first-order valence-corrected chi connectivity index (χ1v) is 13.5. The van der Waals surface area contributed by atoms with Crippen LogP contribution in [0.4, 0.5) is 17.1 Å². The van der Waals surface area contributed by atoms with E-state index in [0.29, 0.717) is 5.89 Å². The summed E-state index contributed by atoms with van der Waals surface area (Å²) in [6.45, 7) is 0. The number of benzene rings is 6. The van der Waals surface area contributed by atoms with Crippen molar-refractivity contribution in [1.29, 1.82) is 0 Å². The van der Waals surface area contributed by atoms with E-state index >= 15 is 0 Å². The first-order valence-electron chi connectivity index (χ1n) is 13.5. The van der Waals surface area contributed by atoms with Crippen LogP contribution in [-0.2, 0) is 0 Å². The SMILES string of the molecule is c1ccc(-c2cccc(N(c3ccccc3)c3cc4c5c(cccc5c3)-c3oc(-c5ccccc5)nc3-4)c2)cc1. The van der Waals surface area contributed by atoms with Gasteiger partial charge in [0.25, 0.3) is 0 Å². The summed E-state index contributed by atoms with van der Waals surface area (Å²) in [7, 11) is 0. The molecule has 0 aliphatic heterocycles. The average Bonchev–Trinajstić information content (AvgIpc) is 3.59. The number of hydrogen-bond donors (Lipinski definition) is 0. The molecule has 3 heteroatoms. The summed E-state index contributed by atoms with van der Waals surface area (Å²) in [5.41, 5.74) is 9.72. The highest BCUT2D eigenvalue weighted by Gasteiger charge is 2.29. The molecule has 7 aromatic rings. The Balaban J connectivity index is 1.33. The van der Waals surface area contributed by atoms with Gasteiger partial charge in [0.15, 0.2) is 5.76 Å². The van der Waals surface area contributed by atoms with E-state index in [9.17, 15) is 0 Å². The molecule has 188 valence electrons. The zero-order valence-electron chi connectivity index (χ0n) is 21.7. The van der Waals surface area contributed by atoms with Crippen molar-refractivity contribution in [2.75, 3.05) is 4.90 Å². The molecular formula is C37H24N2O. The molecule has 0 saturated carbocycles. The Bertz CT molecular complexity index is 1990. The third kappa shape index (κ3) is 3.63. The predicted molar refractivity (Wildman–Crippen MR) is 164 cm³/mol. The maximum Gasteiger partial charge on any atom is 0.227 e. The second-order valence-electron chi connectivity index (χ2n) is 10.0. The monoisotopic (exact) mass is 512 g/mol. The first kappa shape index (κ1) is 22.6. The molecule has 0 bridgehead atoms. The van der Waals surface area contributed by atoms with Gasteiger partial charge in [0.1, 0.15) is 5.69 Å². The van der Waals surface area contributed by atoms with Gasteiger partial charge in [-0.25, -0.2) is 4.98 Å². The fraction of sp³-hybridized carbons (Fsp3) is 0. The normalized spacial score (nSPS) is 11.5. The standard InChI is InChI=1S/C37H24N2O/c1-4-12-25(13-5-1)27-16-10-20-30(22-27)39(29-18-8-3-9-19-29)31-23-28-17-11-21-32-34(28)33(24-31)35-36(32)40-37(38-35)26-14-6-2-7-15-26/h1-24H. The molecule has 0 amide bonds. The molecule has 0 saturated heterocycles. The Morgan fingerprint density at radius 3 is 1.90 bits per heavy atom. The fourth-order valence-electron chi connectivity index (χ4n) is 5.79. The molecule has 3 nitrogen and oxygen atoms in total. The van der Waals surface area contributed by atoms with Crippen LogP contribution < -0.4 is 4.90 Å². The van der Waals surface area contributed by atoms with E-state index in [-0.39, 0.29) is 0 Å². The molecule has 6 aromatic carbocycles. The molecule has 0 fully saturated rings. The van der Waals surface area contributed by atoms with Crippen molar-refractivity contribution in [3.8, 4) is 45.2 Å². The number of aromatic nitrogens is 1. The van der Waals surface area contributed by atoms with Crippen LogP contribution in [0.3, 0.4) is 0 Å². The number of oxazole rings is 1. The smallest absolute Gasteiger partial charge is 0.227 e. The van der Waals surface area contributed by atoms with Crippen molar-refractivity contribution in [3.05, 3.63) is 146 Å². The van der Waals surface area contributed by atoms with Crippen molar-refractivity contribution in [3.63, 3.8) is 0 Å². The number of rotatable bonds is 5. The van der Waals surface area contributed by atoms with Gasteiger partial charge in [-0.05, 0) is 65.0 Å². The van der Waals surface area contributed by atoms with E-state index in [1.54, 1.807) is 0 Å². The zero-order chi connectivity index (χ0) is 26.5. The second kappa shape index (κ2) is 9.11. The van der Waals surface area contributed by atoms with Crippen molar-refractivity contribution < 1.29 is 4.42 Å². The fourth-order valence-corrected chi connectivity index (χ4v) is 5.79. The summed E-state index contributed by atoms with van der Waals surface area (Å²) in [5.74, 6) is 1.49. The third-order valence-corrected chi connectivity index (χ3v) is 7.59. The van der Waals surface area contributed by atoms with Gasteiger partial charge in [-0.15, -0.1) is 0 Å². The van der Waals surface area contributed by atoms with Crippen LogP contribution in [0.1, 0.15) is 0 Å². The number of fused-ring (bicyclic) bond motifs is 3. The molecule has 0 spiro atoms. The van der Waals surface area contributed by atoms with E-state index in [4.69, 9.17) is 9.40 Å².